The maximum absolute atomic E-state index is 11.6. The van der Waals surface area contributed by atoms with E-state index in [4.69, 9.17) is 4.74 Å². The van der Waals surface area contributed by atoms with Crippen LogP contribution in [0, 0.1) is 5.92 Å². The van der Waals surface area contributed by atoms with Gasteiger partial charge in [0, 0.05) is 52.4 Å². The van der Waals surface area contributed by atoms with E-state index in [9.17, 15) is 4.79 Å². The van der Waals surface area contributed by atoms with Crippen molar-refractivity contribution < 1.29 is 9.53 Å². The quantitative estimate of drug-likeness (QED) is 0.336. The molecule has 0 spiro atoms. The first-order chi connectivity index (χ1) is 14.2. The molecule has 1 aromatic rings. The molecule has 7 nitrogen and oxygen atoms in total. The van der Waals surface area contributed by atoms with Crippen molar-refractivity contribution in [3.8, 4) is 5.88 Å². The Bertz CT molecular complexity index is 669. The second-order valence-electron chi connectivity index (χ2n) is 8.09. The summed E-state index contributed by atoms with van der Waals surface area (Å²) in [5.41, 5.74) is 1.11. The van der Waals surface area contributed by atoms with Gasteiger partial charge >= 0.3 is 0 Å². The lowest BCUT2D eigenvalue weighted by molar-refractivity contribution is -0.121. The fraction of sp³-hybridized carbons (Fsp3) is 0.682. The third-order valence-corrected chi connectivity index (χ3v) is 5.97. The first-order valence-corrected chi connectivity index (χ1v) is 11.0. The van der Waals surface area contributed by atoms with Crippen LogP contribution in [0.25, 0.3) is 0 Å². The second-order valence-corrected chi connectivity index (χ2v) is 8.09. The Kier molecular flexibility index (Phi) is 10.7. The zero-order valence-corrected chi connectivity index (χ0v) is 20.6. The van der Waals surface area contributed by atoms with Crippen molar-refractivity contribution in [1.82, 2.24) is 20.5 Å². The van der Waals surface area contributed by atoms with Crippen molar-refractivity contribution in [2.45, 2.75) is 64.0 Å². The molecular formula is C22H36IN5O2. The monoisotopic (exact) mass is 529 g/mol. The molecule has 0 bridgehead atoms. The Morgan fingerprint density at radius 3 is 2.53 bits per heavy atom. The van der Waals surface area contributed by atoms with Gasteiger partial charge in [0.1, 0.15) is 6.10 Å². The largest absolute Gasteiger partial charge is 0.474 e. The number of aliphatic imine (C=N–C) groups is 1. The topological polar surface area (TPSA) is 78.9 Å². The summed E-state index contributed by atoms with van der Waals surface area (Å²) < 4.78 is 6.01. The number of nitrogens with zero attached hydrogens (tertiary/aromatic N) is 3. The van der Waals surface area contributed by atoms with Gasteiger partial charge in [-0.1, -0.05) is 12.5 Å². The van der Waals surface area contributed by atoms with Crippen LogP contribution in [0.2, 0.25) is 0 Å². The van der Waals surface area contributed by atoms with E-state index in [1.807, 2.05) is 19.3 Å². The Hall–Kier alpha value is -1.58. The summed E-state index contributed by atoms with van der Waals surface area (Å²) in [5.74, 6) is 2.23. The molecular weight excluding hydrogens is 493 g/mol. The van der Waals surface area contributed by atoms with Crippen LogP contribution in [-0.4, -0.2) is 55.0 Å². The molecule has 1 saturated carbocycles. The standard InChI is InChI=1S/C22H35N5O2.HI/c1-23-20(28)14-17-10-12-27(13-11-17)22(24-2)26-16-18-8-9-21(25-15-18)29-19-6-4-3-5-7-19;/h8-9,15,17,19H,3-7,10-14,16H2,1-2H3,(H,23,28)(H,24,26);1H. The molecule has 2 N–H and O–H groups in total. The highest BCUT2D eigenvalue weighted by Crippen LogP contribution is 2.22. The molecule has 0 radical (unpaired) electrons. The molecule has 1 aliphatic carbocycles. The van der Waals surface area contributed by atoms with E-state index >= 15 is 0 Å². The van der Waals surface area contributed by atoms with Gasteiger partial charge in [0.15, 0.2) is 5.96 Å². The van der Waals surface area contributed by atoms with E-state index < -0.39 is 0 Å². The van der Waals surface area contributed by atoms with Gasteiger partial charge in [-0.2, -0.15) is 0 Å². The molecule has 3 rings (SSSR count). The number of aromatic nitrogens is 1. The van der Waals surface area contributed by atoms with E-state index in [1.54, 1.807) is 7.05 Å². The number of carbonyl (C=O) groups excluding carboxylic acids is 1. The fourth-order valence-electron chi connectivity index (χ4n) is 4.17. The summed E-state index contributed by atoms with van der Waals surface area (Å²) >= 11 is 0. The van der Waals surface area contributed by atoms with Crippen molar-refractivity contribution in [3.63, 3.8) is 0 Å². The number of amides is 1. The summed E-state index contributed by atoms with van der Waals surface area (Å²) in [6.45, 7) is 2.53. The third kappa shape index (κ3) is 7.59. The van der Waals surface area contributed by atoms with Crippen LogP contribution in [0.3, 0.4) is 0 Å². The number of nitrogens with one attached hydrogen (secondary N) is 2. The van der Waals surface area contributed by atoms with Crippen LogP contribution in [0.15, 0.2) is 23.3 Å². The van der Waals surface area contributed by atoms with Gasteiger partial charge in [0.2, 0.25) is 11.8 Å². The van der Waals surface area contributed by atoms with Crippen LogP contribution >= 0.6 is 24.0 Å². The van der Waals surface area contributed by atoms with Gasteiger partial charge in [-0.3, -0.25) is 9.79 Å². The SMILES string of the molecule is CN=C(NCc1ccc(OC2CCCCC2)nc1)N1CCC(CC(=O)NC)CC1.I. The maximum Gasteiger partial charge on any atom is 0.220 e. The summed E-state index contributed by atoms with van der Waals surface area (Å²) in [7, 11) is 3.52. The van der Waals surface area contributed by atoms with Crippen molar-refractivity contribution in [3.05, 3.63) is 23.9 Å². The first-order valence-electron chi connectivity index (χ1n) is 11.0. The van der Waals surface area contributed by atoms with Gasteiger partial charge in [0.05, 0.1) is 0 Å². The van der Waals surface area contributed by atoms with Gasteiger partial charge in [-0.25, -0.2) is 4.98 Å². The summed E-state index contributed by atoms with van der Waals surface area (Å²) in [6, 6.07) is 4.04. The predicted molar refractivity (Wildman–Crippen MR) is 130 cm³/mol. The maximum atomic E-state index is 11.6. The Morgan fingerprint density at radius 1 is 1.20 bits per heavy atom. The average molecular weight is 529 g/mol. The molecule has 1 aromatic heterocycles. The number of likely N-dealkylation sites (tertiary alicyclic amines) is 1. The molecule has 0 aromatic carbocycles. The van der Waals surface area contributed by atoms with Crippen LogP contribution in [0.1, 0.15) is 56.9 Å². The molecule has 1 amide bonds. The van der Waals surface area contributed by atoms with E-state index in [1.165, 1.54) is 19.3 Å². The average Bonchev–Trinajstić information content (AvgIpc) is 2.77. The highest BCUT2D eigenvalue weighted by molar-refractivity contribution is 14.0. The summed E-state index contributed by atoms with van der Waals surface area (Å²) in [6.07, 6.45) is 11.0. The number of carbonyl (C=O) groups is 1. The van der Waals surface area contributed by atoms with E-state index in [0.717, 1.165) is 56.2 Å². The molecule has 8 heteroatoms. The Morgan fingerprint density at radius 2 is 1.93 bits per heavy atom. The predicted octanol–water partition coefficient (Wildman–Crippen LogP) is 3.33. The molecule has 1 saturated heterocycles. The molecule has 168 valence electrons. The zero-order valence-electron chi connectivity index (χ0n) is 18.2. The van der Waals surface area contributed by atoms with Crippen LogP contribution < -0.4 is 15.4 Å². The summed E-state index contributed by atoms with van der Waals surface area (Å²) in [4.78, 5) is 22.8. The number of hydrogen-bond donors (Lipinski definition) is 2. The Balaban J connectivity index is 0.00000320. The number of hydrogen-bond acceptors (Lipinski definition) is 4. The molecule has 1 aliphatic heterocycles. The number of guanidine groups is 1. The summed E-state index contributed by atoms with van der Waals surface area (Å²) in [5, 5.41) is 6.16. The number of pyridine rings is 1. The van der Waals surface area contributed by atoms with E-state index in [-0.39, 0.29) is 29.9 Å². The number of halogens is 1. The third-order valence-electron chi connectivity index (χ3n) is 5.97. The van der Waals surface area contributed by atoms with Gasteiger partial charge in [-0.15, -0.1) is 24.0 Å². The van der Waals surface area contributed by atoms with Crippen LogP contribution in [0.5, 0.6) is 5.88 Å². The zero-order chi connectivity index (χ0) is 20.5. The lowest BCUT2D eigenvalue weighted by Gasteiger charge is -2.34. The normalized spacial score (nSPS) is 18.5. The van der Waals surface area contributed by atoms with Gasteiger partial charge < -0.3 is 20.3 Å². The van der Waals surface area contributed by atoms with Crippen molar-refractivity contribution in [1.29, 1.82) is 0 Å². The number of ether oxygens (including phenoxy) is 1. The Labute approximate surface area is 197 Å². The van der Waals surface area contributed by atoms with Crippen LogP contribution in [0.4, 0.5) is 0 Å². The lowest BCUT2D eigenvalue weighted by atomic mass is 9.93. The molecule has 2 fully saturated rings. The fourth-order valence-corrected chi connectivity index (χ4v) is 4.17. The molecule has 0 atom stereocenters. The lowest BCUT2D eigenvalue weighted by Crippen LogP contribution is -2.45. The minimum atomic E-state index is 0. The highest BCUT2D eigenvalue weighted by atomic mass is 127. The second kappa shape index (κ2) is 13.0. The van der Waals surface area contributed by atoms with E-state index in [2.05, 4.69) is 31.6 Å². The molecule has 30 heavy (non-hydrogen) atoms. The van der Waals surface area contributed by atoms with Gasteiger partial charge in [0.25, 0.3) is 0 Å². The minimum Gasteiger partial charge on any atom is -0.474 e. The van der Waals surface area contributed by atoms with Crippen LogP contribution in [-0.2, 0) is 11.3 Å². The van der Waals surface area contributed by atoms with Crippen molar-refractivity contribution >= 4 is 35.8 Å². The molecule has 0 unspecified atom stereocenters. The van der Waals surface area contributed by atoms with Crippen molar-refractivity contribution in [2.75, 3.05) is 27.2 Å². The van der Waals surface area contributed by atoms with Gasteiger partial charge in [-0.05, 0) is 50.0 Å². The molecule has 2 aliphatic rings. The molecule has 2 heterocycles. The van der Waals surface area contributed by atoms with Crippen molar-refractivity contribution in [2.24, 2.45) is 10.9 Å². The highest BCUT2D eigenvalue weighted by Gasteiger charge is 2.23. The minimum absolute atomic E-state index is 0. The first kappa shape index (κ1) is 24.7. The smallest absolute Gasteiger partial charge is 0.220 e. The van der Waals surface area contributed by atoms with E-state index in [0.29, 0.717) is 25.0 Å². The number of piperidine rings is 1. The number of rotatable bonds is 6.